The van der Waals surface area contributed by atoms with Crippen molar-refractivity contribution in [3.63, 3.8) is 0 Å². The lowest BCUT2D eigenvalue weighted by molar-refractivity contribution is 0.562. The molecule has 1 atom stereocenters. The predicted octanol–water partition coefficient (Wildman–Crippen LogP) is 4.33. The fourth-order valence-electron chi connectivity index (χ4n) is 1.79. The lowest BCUT2D eigenvalue weighted by Crippen LogP contribution is -1.74. The smallest absolute Gasteiger partial charge is 0.250 e. The van der Waals surface area contributed by atoms with Crippen LogP contribution >= 0.6 is 7.65 Å². The largest absolute Gasteiger partial charge is 0.589 e. The van der Waals surface area contributed by atoms with Crippen molar-refractivity contribution in [2.24, 2.45) is 0 Å². The Balaban J connectivity index is 2.60. The van der Waals surface area contributed by atoms with Gasteiger partial charge in [0.15, 0.2) is 11.4 Å². The maximum atomic E-state index is 11.2. The van der Waals surface area contributed by atoms with Crippen molar-refractivity contribution in [2.45, 2.75) is 0 Å². The van der Waals surface area contributed by atoms with Crippen molar-refractivity contribution in [1.82, 2.24) is 0 Å². The summed E-state index contributed by atoms with van der Waals surface area (Å²) in [5, 5.41) is 3.32. The van der Waals surface area contributed by atoms with E-state index in [1.807, 2.05) is 36.4 Å². The average molecular weight is 215 g/mol. The molecule has 0 radical (unpaired) electrons. The highest BCUT2D eigenvalue weighted by atomic mass is 31.1. The number of hydrogen-bond donors (Lipinski definition) is 0. The number of fused-ring (bicyclic) bond motifs is 3. The van der Waals surface area contributed by atoms with Gasteiger partial charge in [0.25, 0.3) is 0 Å². The molecule has 3 rings (SSSR count). The Hall–Kier alpha value is -1.66. The number of rotatable bonds is 0. The third kappa shape index (κ3) is 1.34. The van der Waals surface area contributed by atoms with Crippen LogP contribution in [0.25, 0.3) is 21.7 Å². The van der Waals surface area contributed by atoms with Gasteiger partial charge < -0.3 is 0 Å². The molecule has 0 saturated heterocycles. The molecule has 0 bridgehead atoms. The molecule has 1 aromatic heterocycles. The first kappa shape index (κ1) is 8.63. The third-order valence-corrected chi connectivity index (χ3v) is 3.25. The molecule has 15 heavy (non-hydrogen) atoms. The maximum absolute atomic E-state index is 11.2. The van der Waals surface area contributed by atoms with Crippen LogP contribution in [0.3, 0.4) is 0 Å². The van der Waals surface area contributed by atoms with E-state index in [4.69, 9.17) is 4.20 Å². The molecule has 0 amide bonds. The Morgan fingerprint density at radius 1 is 0.933 bits per heavy atom. The fourth-order valence-corrected chi connectivity index (χ4v) is 2.47. The summed E-state index contributed by atoms with van der Waals surface area (Å²) in [5.74, 6) is 1.60. The lowest BCUT2D eigenvalue weighted by atomic mass is 10.1. The second-order valence-electron chi connectivity index (χ2n) is 3.39. The molecular weight excluding hydrogens is 207 g/mol. The minimum Gasteiger partial charge on any atom is -0.250 e. The minimum atomic E-state index is -1.66. The molecule has 0 spiro atoms. The SMILES string of the molecule is O=[p+]1ccc2c(ccc3ccccc32)o1. The van der Waals surface area contributed by atoms with E-state index in [0.717, 1.165) is 10.8 Å². The molecule has 0 aliphatic heterocycles. The van der Waals surface area contributed by atoms with Gasteiger partial charge >= 0.3 is 7.65 Å². The van der Waals surface area contributed by atoms with E-state index in [-0.39, 0.29) is 0 Å². The summed E-state index contributed by atoms with van der Waals surface area (Å²) in [7, 11) is -1.66. The first-order chi connectivity index (χ1) is 7.34. The summed E-state index contributed by atoms with van der Waals surface area (Å²) < 4.78 is 16.5. The van der Waals surface area contributed by atoms with Crippen molar-refractivity contribution >= 4 is 29.4 Å². The molecule has 0 saturated carbocycles. The number of benzene rings is 2. The normalized spacial score (nSPS) is 12.1. The molecular formula is C12H8O2P+. The highest BCUT2D eigenvalue weighted by Crippen LogP contribution is 2.28. The topological polar surface area (TPSA) is 30.2 Å². The van der Waals surface area contributed by atoms with Crippen molar-refractivity contribution in [1.29, 1.82) is 0 Å². The zero-order valence-electron chi connectivity index (χ0n) is 7.88. The van der Waals surface area contributed by atoms with Crippen LogP contribution in [0.5, 0.6) is 0 Å². The van der Waals surface area contributed by atoms with Crippen molar-refractivity contribution in [3.05, 3.63) is 48.3 Å². The molecule has 0 N–H and O–H groups in total. The van der Waals surface area contributed by atoms with Crippen molar-refractivity contribution in [2.75, 3.05) is 0 Å². The Bertz CT molecular complexity index is 700. The second-order valence-corrected chi connectivity index (χ2v) is 4.44. The number of hydrogen-bond acceptors (Lipinski definition) is 2. The van der Waals surface area contributed by atoms with Gasteiger partial charge in [0, 0.05) is 5.39 Å². The molecule has 1 heterocycles. The van der Waals surface area contributed by atoms with Crippen LogP contribution in [0.1, 0.15) is 0 Å². The quantitative estimate of drug-likeness (QED) is 0.522. The zero-order chi connectivity index (χ0) is 10.3. The first-order valence-electron chi connectivity index (χ1n) is 4.69. The van der Waals surface area contributed by atoms with E-state index in [9.17, 15) is 4.57 Å². The van der Waals surface area contributed by atoms with E-state index in [1.165, 1.54) is 5.39 Å². The highest BCUT2D eigenvalue weighted by molar-refractivity contribution is 7.29. The van der Waals surface area contributed by atoms with Gasteiger partial charge in [-0.1, -0.05) is 30.3 Å². The maximum Gasteiger partial charge on any atom is 0.589 e. The van der Waals surface area contributed by atoms with Gasteiger partial charge in [-0.3, -0.25) is 4.20 Å². The van der Waals surface area contributed by atoms with Crippen LogP contribution in [-0.2, 0) is 4.57 Å². The van der Waals surface area contributed by atoms with Crippen LogP contribution in [0, 0.1) is 0 Å². The summed E-state index contributed by atoms with van der Waals surface area (Å²) in [4.78, 5) is 0. The van der Waals surface area contributed by atoms with Gasteiger partial charge in [0.2, 0.25) is 0 Å². The van der Waals surface area contributed by atoms with Crippen LogP contribution in [0.2, 0.25) is 0 Å². The van der Waals surface area contributed by atoms with E-state index in [2.05, 4.69) is 6.07 Å². The zero-order valence-corrected chi connectivity index (χ0v) is 8.78. The molecule has 2 aromatic carbocycles. The van der Waals surface area contributed by atoms with E-state index >= 15 is 0 Å². The summed E-state index contributed by atoms with van der Waals surface area (Å²) in [6, 6.07) is 13.8. The average Bonchev–Trinajstić information content (AvgIpc) is 2.28. The second kappa shape index (κ2) is 3.18. The van der Waals surface area contributed by atoms with Gasteiger partial charge in [-0.25, -0.2) is 0 Å². The Morgan fingerprint density at radius 3 is 2.73 bits per heavy atom. The van der Waals surface area contributed by atoms with Gasteiger partial charge in [-0.2, -0.15) is 0 Å². The predicted molar refractivity (Wildman–Crippen MR) is 61.3 cm³/mol. The van der Waals surface area contributed by atoms with Gasteiger partial charge in [0.1, 0.15) is 0 Å². The lowest BCUT2D eigenvalue weighted by Gasteiger charge is -1.98. The molecule has 2 nitrogen and oxygen atoms in total. The Labute approximate surface area is 87.0 Å². The molecule has 0 aliphatic rings. The summed E-state index contributed by atoms with van der Waals surface area (Å²) in [5.41, 5.74) is 0.706. The third-order valence-electron chi connectivity index (χ3n) is 2.48. The van der Waals surface area contributed by atoms with Gasteiger partial charge in [-0.15, -0.1) is 0 Å². The molecule has 1 unspecified atom stereocenters. The Kier molecular flexibility index (Phi) is 1.83. The monoisotopic (exact) mass is 215 g/mol. The molecule has 3 aromatic rings. The standard InChI is InChI=1S/C12H8O2P/c13-15-8-7-11-10-4-2-1-3-9(10)5-6-12(11)14-15/h1-8H/q+1. The van der Waals surface area contributed by atoms with Gasteiger partial charge in [-0.05, 0) is 27.5 Å². The molecule has 3 heteroatoms. The van der Waals surface area contributed by atoms with Crippen molar-refractivity contribution < 1.29 is 8.76 Å². The molecule has 72 valence electrons. The van der Waals surface area contributed by atoms with Crippen LogP contribution in [0.15, 0.2) is 52.5 Å². The Morgan fingerprint density at radius 2 is 1.80 bits per heavy atom. The van der Waals surface area contributed by atoms with E-state index in [1.54, 1.807) is 5.80 Å². The van der Waals surface area contributed by atoms with E-state index in [0.29, 0.717) is 5.58 Å². The van der Waals surface area contributed by atoms with Crippen LogP contribution < -0.4 is 0 Å². The fraction of sp³-hybridized carbons (Fsp3) is 0. The molecule has 0 fully saturated rings. The minimum absolute atomic E-state index is 0.706. The van der Waals surface area contributed by atoms with Gasteiger partial charge in [0.05, 0.1) is 0 Å². The summed E-state index contributed by atoms with van der Waals surface area (Å²) in [6.07, 6.45) is 0. The summed E-state index contributed by atoms with van der Waals surface area (Å²) >= 11 is 0. The molecule has 0 aliphatic carbocycles. The van der Waals surface area contributed by atoms with Crippen LogP contribution in [0.4, 0.5) is 0 Å². The van der Waals surface area contributed by atoms with E-state index < -0.39 is 7.65 Å². The first-order valence-corrected chi connectivity index (χ1v) is 5.93. The van der Waals surface area contributed by atoms with Crippen LogP contribution in [-0.4, -0.2) is 0 Å². The van der Waals surface area contributed by atoms with Crippen molar-refractivity contribution in [3.8, 4) is 0 Å². The summed E-state index contributed by atoms with van der Waals surface area (Å²) in [6.45, 7) is 0. The highest BCUT2D eigenvalue weighted by Gasteiger charge is 2.06.